The van der Waals surface area contributed by atoms with Gasteiger partial charge in [0.25, 0.3) is 0 Å². The molecule has 0 aromatic carbocycles. The van der Waals surface area contributed by atoms with Crippen LogP contribution >= 0.6 is 11.8 Å². The molecule has 0 fully saturated rings. The number of nitrogens with zero attached hydrogens (tertiary/aromatic N) is 2. The van der Waals surface area contributed by atoms with Crippen molar-refractivity contribution in [1.82, 2.24) is 4.98 Å². The van der Waals surface area contributed by atoms with E-state index in [0.717, 1.165) is 11.8 Å². The first-order valence-electron chi connectivity index (χ1n) is 4.92. The number of carboxylic acids is 1. The number of hydrogen-bond acceptors (Lipinski definition) is 5. The Balaban J connectivity index is 3.01. The van der Waals surface area contributed by atoms with E-state index >= 15 is 0 Å². The smallest absolute Gasteiger partial charge is 0.317 e. The van der Waals surface area contributed by atoms with Gasteiger partial charge in [0, 0.05) is 12.3 Å². The van der Waals surface area contributed by atoms with Gasteiger partial charge in [0.15, 0.2) is 5.03 Å². The van der Waals surface area contributed by atoms with Crippen LogP contribution in [0.25, 0.3) is 0 Å². The third kappa shape index (κ3) is 3.42. The summed E-state index contributed by atoms with van der Waals surface area (Å²) in [6, 6.07) is 2.77. The molecule has 1 rings (SSSR count). The van der Waals surface area contributed by atoms with E-state index in [-0.39, 0.29) is 16.6 Å². The van der Waals surface area contributed by atoms with Gasteiger partial charge in [0.1, 0.15) is 5.25 Å². The molecule has 0 radical (unpaired) electrons. The minimum Gasteiger partial charge on any atom is -0.480 e. The predicted molar refractivity (Wildman–Crippen MR) is 63.0 cm³/mol. The second-order valence-electron chi connectivity index (χ2n) is 3.71. The Morgan fingerprint density at radius 3 is 2.71 bits per heavy atom. The second kappa shape index (κ2) is 5.62. The third-order valence-electron chi connectivity index (χ3n) is 2.04. The van der Waals surface area contributed by atoms with Gasteiger partial charge in [0.05, 0.1) is 4.92 Å². The van der Waals surface area contributed by atoms with Gasteiger partial charge in [-0.15, -0.1) is 0 Å². The predicted octanol–water partition coefficient (Wildman–Crippen LogP) is 2.19. The van der Waals surface area contributed by atoms with Crippen molar-refractivity contribution in [1.29, 1.82) is 0 Å². The van der Waals surface area contributed by atoms with Gasteiger partial charge in [-0.1, -0.05) is 25.6 Å². The van der Waals surface area contributed by atoms with Gasteiger partial charge >= 0.3 is 11.7 Å². The normalized spacial score (nSPS) is 12.4. The molecule has 1 atom stereocenters. The second-order valence-corrected chi connectivity index (χ2v) is 4.84. The first kappa shape index (κ1) is 13.4. The Kier molecular flexibility index (Phi) is 4.45. The highest BCUT2D eigenvalue weighted by molar-refractivity contribution is 8.00. The number of nitro groups is 1. The van der Waals surface area contributed by atoms with Gasteiger partial charge in [-0.25, -0.2) is 4.98 Å². The lowest BCUT2D eigenvalue weighted by Crippen LogP contribution is -2.22. The molecular weight excluding hydrogens is 244 g/mol. The first-order valence-corrected chi connectivity index (χ1v) is 5.80. The zero-order valence-electron chi connectivity index (χ0n) is 9.36. The summed E-state index contributed by atoms with van der Waals surface area (Å²) in [4.78, 5) is 25.1. The van der Waals surface area contributed by atoms with Crippen molar-refractivity contribution >= 4 is 23.4 Å². The van der Waals surface area contributed by atoms with Crippen molar-refractivity contribution in [3.63, 3.8) is 0 Å². The molecule has 0 aliphatic carbocycles. The van der Waals surface area contributed by atoms with Crippen LogP contribution in [0.4, 0.5) is 5.69 Å². The fourth-order valence-corrected chi connectivity index (χ4v) is 2.20. The van der Waals surface area contributed by atoms with Crippen LogP contribution in [0, 0.1) is 16.0 Å². The van der Waals surface area contributed by atoms with Crippen LogP contribution in [-0.4, -0.2) is 26.2 Å². The van der Waals surface area contributed by atoms with Crippen molar-refractivity contribution < 1.29 is 14.8 Å². The summed E-state index contributed by atoms with van der Waals surface area (Å²) in [5.41, 5.74) is -0.163. The third-order valence-corrected chi connectivity index (χ3v) is 3.57. The van der Waals surface area contributed by atoms with Gasteiger partial charge in [0.2, 0.25) is 0 Å². The van der Waals surface area contributed by atoms with Gasteiger partial charge in [-0.05, 0) is 12.0 Å². The maximum atomic E-state index is 11.0. The van der Waals surface area contributed by atoms with Crippen molar-refractivity contribution in [3.8, 4) is 0 Å². The monoisotopic (exact) mass is 256 g/mol. The molecule has 1 aromatic rings. The molecule has 7 heteroatoms. The van der Waals surface area contributed by atoms with E-state index in [9.17, 15) is 14.9 Å². The fourth-order valence-electron chi connectivity index (χ4n) is 1.20. The molecule has 1 heterocycles. The lowest BCUT2D eigenvalue weighted by atomic mass is 10.1. The number of pyridine rings is 1. The van der Waals surface area contributed by atoms with E-state index in [1.807, 2.05) is 0 Å². The molecule has 0 saturated carbocycles. The van der Waals surface area contributed by atoms with Crippen LogP contribution in [0.1, 0.15) is 13.8 Å². The summed E-state index contributed by atoms with van der Waals surface area (Å²) >= 11 is 0.908. The zero-order valence-corrected chi connectivity index (χ0v) is 10.2. The molecule has 92 valence electrons. The van der Waals surface area contributed by atoms with E-state index in [2.05, 4.69) is 4.98 Å². The zero-order chi connectivity index (χ0) is 13.0. The summed E-state index contributed by atoms with van der Waals surface area (Å²) in [6.07, 6.45) is 1.41. The number of aromatic nitrogens is 1. The van der Waals surface area contributed by atoms with Gasteiger partial charge in [-0.3, -0.25) is 14.9 Å². The van der Waals surface area contributed by atoms with E-state index in [4.69, 9.17) is 5.11 Å². The molecule has 0 saturated heterocycles. The van der Waals surface area contributed by atoms with Crippen molar-refractivity contribution in [3.05, 3.63) is 28.4 Å². The van der Waals surface area contributed by atoms with Crippen LogP contribution in [-0.2, 0) is 4.79 Å². The van der Waals surface area contributed by atoms with Crippen molar-refractivity contribution in [2.75, 3.05) is 0 Å². The fraction of sp³-hybridized carbons (Fsp3) is 0.400. The average molecular weight is 256 g/mol. The average Bonchev–Trinajstić information content (AvgIpc) is 2.25. The number of rotatable bonds is 5. The van der Waals surface area contributed by atoms with Gasteiger partial charge in [-0.2, -0.15) is 0 Å². The number of carbonyl (C=O) groups is 1. The summed E-state index contributed by atoms with van der Waals surface area (Å²) in [5.74, 6) is -1.14. The van der Waals surface area contributed by atoms with Gasteiger partial charge < -0.3 is 5.11 Å². The SMILES string of the molecule is CC(C)C(Sc1ncccc1[N+](=O)[O-])C(=O)O. The van der Waals surface area contributed by atoms with Crippen LogP contribution in [0.2, 0.25) is 0 Å². The highest BCUT2D eigenvalue weighted by Crippen LogP contribution is 2.32. The Hall–Kier alpha value is -1.63. The number of hydrogen-bond donors (Lipinski definition) is 1. The van der Waals surface area contributed by atoms with E-state index in [1.54, 1.807) is 13.8 Å². The first-order chi connectivity index (χ1) is 7.93. The molecule has 17 heavy (non-hydrogen) atoms. The molecule has 1 aromatic heterocycles. The highest BCUT2D eigenvalue weighted by atomic mass is 32.2. The Morgan fingerprint density at radius 1 is 1.59 bits per heavy atom. The molecule has 0 spiro atoms. The molecule has 0 aliphatic heterocycles. The molecule has 1 unspecified atom stereocenters. The number of aliphatic carboxylic acids is 1. The lowest BCUT2D eigenvalue weighted by Gasteiger charge is -2.14. The maximum absolute atomic E-state index is 11.0. The Labute approximate surface area is 102 Å². The molecule has 0 aliphatic rings. The quantitative estimate of drug-likeness (QED) is 0.493. The van der Waals surface area contributed by atoms with Crippen molar-refractivity contribution in [2.45, 2.75) is 24.1 Å². The molecule has 0 amide bonds. The lowest BCUT2D eigenvalue weighted by molar-refractivity contribution is -0.388. The molecule has 0 bridgehead atoms. The molecule has 6 nitrogen and oxygen atoms in total. The molecule has 1 N–H and O–H groups in total. The summed E-state index contributed by atoms with van der Waals surface area (Å²) in [7, 11) is 0. The standard InChI is InChI=1S/C10H12N2O4S/c1-6(2)8(10(13)14)17-9-7(12(15)16)4-3-5-11-9/h3-6,8H,1-2H3,(H,13,14). The van der Waals surface area contributed by atoms with Crippen LogP contribution < -0.4 is 0 Å². The van der Waals surface area contributed by atoms with E-state index in [0.29, 0.717) is 0 Å². The largest absolute Gasteiger partial charge is 0.480 e. The Bertz CT molecular complexity index is 436. The minimum absolute atomic E-state index is 0.138. The summed E-state index contributed by atoms with van der Waals surface area (Å²) in [6.45, 7) is 3.50. The topological polar surface area (TPSA) is 93.3 Å². The van der Waals surface area contributed by atoms with Crippen LogP contribution in [0.15, 0.2) is 23.4 Å². The van der Waals surface area contributed by atoms with Crippen LogP contribution in [0.5, 0.6) is 0 Å². The number of carboxylic acid groups (broad SMARTS) is 1. The Morgan fingerprint density at radius 2 is 2.24 bits per heavy atom. The summed E-state index contributed by atoms with van der Waals surface area (Å²) < 4.78 is 0. The van der Waals surface area contributed by atoms with E-state index in [1.165, 1.54) is 18.3 Å². The number of thioether (sulfide) groups is 1. The van der Waals surface area contributed by atoms with Crippen molar-refractivity contribution in [2.24, 2.45) is 5.92 Å². The minimum atomic E-state index is -0.995. The highest BCUT2D eigenvalue weighted by Gasteiger charge is 2.27. The molecular formula is C10H12N2O4S. The summed E-state index contributed by atoms with van der Waals surface area (Å²) in [5, 5.41) is 19.2. The van der Waals surface area contributed by atoms with E-state index < -0.39 is 16.1 Å². The maximum Gasteiger partial charge on any atom is 0.317 e. The van der Waals surface area contributed by atoms with Crippen LogP contribution in [0.3, 0.4) is 0 Å².